The fourth-order valence-electron chi connectivity index (χ4n) is 1.80. The minimum Gasteiger partial charge on any atom is -0.348 e. The molecule has 6 heteroatoms. The number of carbonyl (C=O) groups excluding carboxylic acids is 1. The lowest BCUT2D eigenvalue weighted by Gasteiger charge is -2.09. The predicted molar refractivity (Wildman–Crippen MR) is 72.1 cm³/mol. The van der Waals surface area contributed by atoms with Gasteiger partial charge in [0.25, 0.3) is 0 Å². The Hall–Kier alpha value is -2.68. The topological polar surface area (TPSA) is 83.6 Å². The van der Waals surface area contributed by atoms with Gasteiger partial charge in [-0.15, -0.1) is 0 Å². The maximum absolute atomic E-state index is 12.0. The number of hydrogen-bond donors (Lipinski definition) is 1. The molecule has 1 atom stereocenters. The van der Waals surface area contributed by atoms with Crippen LogP contribution in [-0.4, -0.2) is 20.7 Å². The summed E-state index contributed by atoms with van der Waals surface area (Å²) in [6.07, 6.45) is 1.96. The summed E-state index contributed by atoms with van der Waals surface area (Å²) in [4.78, 5) is 16.0. The Morgan fingerprint density at radius 1 is 1.45 bits per heavy atom. The summed E-state index contributed by atoms with van der Waals surface area (Å²) in [5.41, 5.74) is 0.963. The molecule has 1 unspecified atom stereocenters. The number of nitriles is 1. The minimum absolute atomic E-state index is 0.229. The van der Waals surface area contributed by atoms with Crippen molar-refractivity contribution in [2.75, 3.05) is 0 Å². The second kappa shape index (κ2) is 6.48. The highest BCUT2D eigenvalue weighted by molar-refractivity contribution is 5.81. The zero-order valence-corrected chi connectivity index (χ0v) is 11.2. The first kappa shape index (κ1) is 13.7. The van der Waals surface area contributed by atoms with E-state index in [1.807, 2.05) is 36.4 Å². The smallest absolute Gasteiger partial charge is 0.238 e. The Morgan fingerprint density at radius 2 is 2.20 bits per heavy atom. The highest BCUT2D eigenvalue weighted by Gasteiger charge is 2.18. The van der Waals surface area contributed by atoms with Gasteiger partial charge in [0.05, 0.1) is 12.6 Å². The Kier molecular flexibility index (Phi) is 4.45. The zero-order valence-electron chi connectivity index (χ0n) is 11.2. The SMILES string of the molecule is Cn1cnc(CNC(=O)C(C#N)Cc2ccccc2)n1. The van der Waals surface area contributed by atoms with Gasteiger partial charge in [0.15, 0.2) is 5.82 Å². The van der Waals surface area contributed by atoms with Crippen LogP contribution in [0.1, 0.15) is 11.4 Å². The third-order valence-electron chi connectivity index (χ3n) is 2.82. The molecule has 0 spiro atoms. The summed E-state index contributed by atoms with van der Waals surface area (Å²) in [7, 11) is 1.76. The average molecular weight is 269 g/mol. The number of aryl methyl sites for hydroxylation is 1. The summed E-state index contributed by atoms with van der Waals surface area (Å²) < 4.78 is 1.56. The van der Waals surface area contributed by atoms with Gasteiger partial charge in [-0.3, -0.25) is 9.48 Å². The molecule has 0 radical (unpaired) electrons. The van der Waals surface area contributed by atoms with Gasteiger partial charge in [-0.1, -0.05) is 30.3 Å². The Morgan fingerprint density at radius 3 is 2.80 bits per heavy atom. The second-order valence-corrected chi connectivity index (χ2v) is 4.42. The van der Waals surface area contributed by atoms with Gasteiger partial charge in [0, 0.05) is 7.05 Å². The lowest BCUT2D eigenvalue weighted by molar-refractivity contribution is -0.123. The zero-order chi connectivity index (χ0) is 14.4. The van der Waals surface area contributed by atoms with Crippen molar-refractivity contribution in [1.29, 1.82) is 5.26 Å². The van der Waals surface area contributed by atoms with E-state index >= 15 is 0 Å². The van der Waals surface area contributed by atoms with E-state index in [-0.39, 0.29) is 12.5 Å². The van der Waals surface area contributed by atoms with Crippen LogP contribution < -0.4 is 5.32 Å². The van der Waals surface area contributed by atoms with E-state index in [1.54, 1.807) is 18.1 Å². The molecule has 0 saturated heterocycles. The molecule has 1 heterocycles. The van der Waals surface area contributed by atoms with E-state index in [0.29, 0.717) is 12.2 Å². The molecule has 102 valence electrons. The molecular weight excluding hydrogens is 254 g/mol. The van der Waals surface area contributed by atoms with Crippen LogP contribution in [0.25, 0.3) is 0 Å². The average Bonchev–Trinajstić information content (AvgIpc) is 2.89. The number of benzene rings is 1. The van der Waals surface area contributed by atoms with Crippen LogP contribution in [0.4, 0.5) is 0 Å². The molecule has 2 aromatic rings. The van der Waals surface area contributed by atoms with Crippen LogP contribution in [0.5, 0.6) is 0 Å². The van der Waals surface area contributed by atoms with Crippen molar-refractivity contribution in [1.82, 2.24) is 20.1 Å². The normalized spacial score (nSPS) is 11.6. The van der Waals surface area contributed by atoms with Crippen molar-refractivity contribution in [2.24, 2.45) is 13.0 Å². The van der Waals surface area contributed by atoms with Crippen molar-refractivity contribution < 1.29 is 4.79 Å². The van der Waals surface area contributed by atoms with Crippen molar-refractivity contribution in [2.45, 2.75) is 13.0 Å². The third-order valence-corrected chi connectivity index (χ3v) is 2.82. The Labute approximate surface area is 117 Å². The van der Waals surface area contributed by atoms with Gasteiger partial charge in [0.2, 0.25) is 5.91 Å². The van der Waals surface area contributed by atoms with Crippen molar-refractivity contribution in [3.05, 3.63) is 48.0 Å². The van der Waals surface area contributed by atoms with Crippen molar-refractivity contribution >= 4 is 5.91 Å². The molecular formula is C14H15N5O. The molecule has 0 fully saturated rings. The van der Waals surface area contributed by atoms with E-state index in [0.717, 1.165) is 5.56 Å². The quantitative estimate of drug-likeness (QED) is 0.870. The van der Waals surface area contributed by atoms with Crippen LogP contribution in [0.15, 0.2) is 36.7 Å². The van der Waals surface area contributed by atoms with E-state index in [2.05, 4.69) is 15.4 Å². The lowest BCUT2D eigenvalue weighted by Crippen LogP contribution is -2.31. The molecule has 20 heavy (non-hydrogen) atoms. The molecule has 0 saturated carbocycles. The number of carbonyl (C=O) groups is 1. The van der Waals surface area contributed by atoms with Crippen LogP contribution >= 0.6 is 0 Å². The molecule has 1 aromatic carbocycles. The molecule has 0 bridgehead atoms. The van der Waals surface area contributed by atoms with E-state index in [1.165, 1.54) is 0 Å². The highest BCUT2D eigenvalue weighted by Crippen LogP contribution is 2.08. The van der Waals surface area contributed by atoms with Gasteiger partial charge in [-0.25, -0.2) is 4.98 Å². The molecule has 6 nitrogen and oxygen atoms in total. The fourth-order valence-corrected chi connectivity index (χ4v) is 1.80. The van der Waals surface area contributed by atoms with Crippen LogP contribution in [-0.2, 0) is 24.8 Å². The van der Waals surface area contributed by atoms with E-state index < -0.39 is 5.92 Å². The first-order chi connectivity index (χ1) is 9.69. The number of nitrogens with one attached hydrogen (secondary N) is 1. The van der Waals surface area contributed by atoms with Crippen LogP contribution in [0.3, 0.4) is 0 Å². The highest BCUT2D eigenvalue weighted by atomic mass is 16.1. The molecule has 1 amide bonds. The summed E-state index contributed by atoms with van der Waals surface area (Å²) in [5.74, 6) is -0.484. The van der Waals surface area contributed by atoms with Gasteiger partial charge in [-0.2, -0.15) is 10.4 Å². The van der Waals surface area contributed by atoms with Crippen LogP contribution in [0.2, 0.25) is 0 Å². The number of amides is 1. The molecule has 2 rings (SSSR count). The number of aromatic nitrogens is 3. The van der Waals surface area contributed by atoms with Crippen LogP contribution in [0, 0.1) is 17.2 Å². The first-order valence-electron chi connectivity index (χ1n) is 6.25. The molecule has 1 N–H and O–H groups in total. The summed E-state index contributed by atoms with van der Waals surface area (Å²) in [6, 6.07) is 11.5. The van der Waals surface area contributed by atoms with E-state index in [4.69, 9.17) is 5.26 Å². The summed E-state index contributed by atoms with van der Waals surface area (Å²) >= 11 is 0. The minimum atomic E-state index is -0.707. The standard InChI is InChI=1S/C14H15N5O/c1-19-10-17-13(18-19)9-16-14(20)12(8-15)7-11-5-3-2-4-6-11/h2-6,10,12H,7,9H2,1H3,(H,16,20). The van der Waals surface area contributed by atoms with Gasteiger partial charge < -0.3 is 5.32 Å². The van der Waals surface area contributed by atoms with E-state index in [9.17, 15) is 4.79 Å². The first-order valence-corrected chi connectivity index (χ1v) is 6.25. The molecule has 0 aliphatic rings. The lowest BCUT2D eigenvalue weighted by atomic mass is 10.00. The van der Waals surface area contributed by atoms with Gasteiger partial charge >= 0.3 is 0 Å². The maximum atomic E-state index is 12.0. The third kappa shape index (κ3) is 3.65. The predicted octanol–water partition coefficient (Wildman–Crippen LogP) is 0.814. The number of nitrogens with zero attached hydrogens (tertiary/aromatic N) is 4. The Bertz CT molecular complexity index is 614. The second-order valence-electron chi connectivity index (χ2n) is 4.42. The van der Waals surface area contributed by atoms with Crippen molar-refractivity contribution in [3.63, 3.8) is 0 Å². The van der Waals surface area contributed by atoms with Crippen molar-refractivity contribution in [3.8, 4) is 6.07 Å². The maximum Gasteiger partial charge on any atom is 0.238 e. The monoisotopic (exact) mass is 269 g/mol. The molecule has 0 aliphatic heterocycles. The summed E-state index contributed by atoms with van der Waals surface area (Å²) in [6.45, 7) is 0.229. The summed E-state index contributed by atoms with van der Waals surface area (Å²) in [5, 5.41) is 15.9. The number of hydrogen-bond acceptors (Lipinski definition) is 4. The Balaban J connectivity index is 1.91. The molecule has 1 aromatic heterocycles. The molecule has 0 aliphatic carbocycles. The van der Waals surface area contributed by atoms with Gasteiger partial charge in [-0.05, 0) is 12.0 Å². The largest absolute Gasteiger partial charge is 0.348 e. The van der Waals surface area contributed by atoms with Gasteiger partial charge in [0.1, 0.15) is 12.2 Å². The fraction of sp³-hybridized carbons (Fsp3) is 0.286. The number of rotatable bonds is 5.